The molecule has 5 heteroatoms. The quantitative estimate of drug-likeness (QED) is 0.873. The summed E-state index contributed by atoms with van der Waals surface area (Å²) in [6, 6.07) is 3.55. The Hall–Kier alpha value is -1.07. The van der Waals surface area contributed by atoms with Crippen LogP contribution in [0.4, 0.5) is 5.69 Å². The Balaban J connectivity index is 2.28. The summed E-state index contributed by atoms with van der Waals surface area (Å²) >= 11 is 0. The lowest BCUT2D eigenvalue weighted by Gasteiger charge is -2.33. The molecule has 0 bridgehead atoms. The summed E-state index contributed by atoms with van der Waals surface area (Å²) in [5, 5.41) is 0. The molecule has 0 radical (unpaired) electrons. The zero-order valence-electron chi connectivity index (χ0n) is 13.4. The first kappa shape index (κ1) is 16.3. The minimum absolute atomic E-state index is 0.364. The number of sulfonamides is 1. The number of rotatable bonds is 3. The van der Waals surface area contributed by atoms with Crippen LogP contribution in [0, 0.1) is 25.7 Å². The van der Waals surface area contributed by atoms with Crippen molar-refractivity contribution in [2.24, 2.45) is 11.8 Å². The van der Waals surface area contributed by atoms with Gasteiger partial charge in [0.1, 0.15) is 0 Å². The second kappa shape index (κ2) is 5.97. The molecule has 1 heterocycles. The van der Waals surface area contributed by atoms with Crippen molar-refractivity contribution in [3.05, 3.63) is 23.3 Å². The molecule has 0 aromatic heterocycles. The predicted molar refractivity (Wildman–Crippen MR) is 86.6 cm³/mol. The Labute approximate surface area is 128 Å². The molecule has 2 N–H and O–H groups in total. The van der Waals surface area contributed by atoms with Crippen molar-refractivity contribution in [2.45, 2.75) is 45.4 Å². The van der Waals surface area contributed by atoms with Gasteiger partial charge in [0.05, 0.1) is 4.90 Å². The molecule has 2 rings (SSSR count). The van der Waals surface area contributed by atoms with Gasteiger partial charge in [0.2, 0.25) is 10.0 Å². The standard InChI is InChI=1S/C16H26N2O2S/c1-11(2)14-5-7-18(8-6-14)21(19,20)16-10-12(3)9-15(17)13(16)4/h9-11,14H,5-8,17H2,1-4H3. The Bertz CT molecular complexity index is 615. The second-order valence-corrected chi connectivity index (χ2v) is 8.37. The van der Waals surface area contributed by atoms with Gasteiger partial charge >= 0.3 is 0 Å². The lowest BCUT2D eigenvalue weighted by molar-refractivity contribution is 0.226. The van der Waals surface area contributed by atoms with Gasteiger partial charge in [-0.3, -0.25) is 0 Å². The van der Waals surface area contributed by atoms with Crippen molar-refractivity contribution >= 4 is 15.7 Å². The number of benzene rings is 1. The maximum absolute atomic E-state index is 12.9. The highest BCUT2D eigenvalue weighted by Crippen LogP contribution is 2.31. The number of piperidine rings is 1. The molecule has 1 aliphatic rings. The van der Waals surface area contributed by atoms with Gasteiger partial charge in [-0.05, 0) is 61.8 Å². The number of hydrogen-bond acceptors (Lipinski definition) is 3. The summed E-state index contributed by atoms with van der Waals surface area (Å²) < 4.78 is 27.3. The fourth-order valence-electron chi connectivity index (χ4n) is 3.04. The van der Waals surface area contributed by atoms with Crippen molar-refractivity contribution < 1.29 is 8.42 Å². The molecule has 4 nitrogen and oxygen atoms in total. The van der Waals surface area contributed by atoms with Crippen molar-refractivity contribution in [1.29, 1.82) is 0 Å². The van der Waals surface area contributed by atoms with Crippen LogP contribution >= 0.6 is 0 Å². The van der Waals surface area contributed by atoms with Crippen molar-refractivity contribution in [2.75, 3.05) is 18.8 Å². The molecule has 1 aliphatic heterocycles. The van der Waals surface area contributed by atoms with E-state index in [4.69, 9.17) is 5.73 Å². The van der Waals surface area contributed by atoms with E-state index in [1.165, 1.54) is 0 Å². The van der Waals surface area contributed by atoms with Gasteiger partial charge in [-0.2, -0.15) is 4.31 Å². The Morgan fingerprint density at radius 1 is 1.19 bits per heavy atom. The van der Waals surface area contributed by atoms with E-state index in [1.807, 2.05) is 13.0 Å². The smallest absolute Gasteiger partial charge is 0.243 e. The van der Waals surface area contributed by atoms with Gasteiger partial charge < -0.3 is 5.73 Å². The van der Waals surface area contributed by atoms with E-state index >= 15 is 0 Å². The largest absolute Gasteiger partial charge is 0.398 e. The molecule has 0 unspecified atom stereocenters. The van der Waals surface area contributed by atoms with Crippen LogP contribution in [0.1, 0.15) is 37.8 Å². The molecule has 1 saturated heterocycles. The second-order valence-electron chi connectivity index (χ2n) is 6.46. The van der Waals surface area contributed by atoms with Gasteiger partial charge in [0, 0.05) is 18.8 Å². The van der Waals surface area contributed by atoms with Crippen LogP contribution < -0.4 is 5.73 Å². The van der Waals surface area contributed by atoms with Crippen LogP contribution in [0.3, 0.4) is 0 Å². The predicted octanol–water partition coefficient (Wildman–Crippen LogP) is 2.94. The first-order chi connectivity index (χ1) is 9.73. The summed E-state index contributed by atoms with van der Waals surface area (Å²) in [6.07, 6.45) is 1.88. The molecule has 1 aromatic carbocycles. The topological polar surface area (TPSA) is 63.4 Å². The average molecular weight is 310 g/mol. The molecule has 0 saturated carbocycles. The Morgan fingerprint density at radius 3 is 2.29 bits per heavy atom. The highest BCUT2D eigenvalue weighted by molar-refractivity contribution is 7.89. The highest BCUT2D eigenvalue weighted by atomic mass is 32.2. The average Bonchev–Trinajstić information content (AvgIpc) is 2.42. The van der Waals surface area contributed by atoms with E-state index in [9.17, 15) is 8.42 Å². The molecule has 0 aliphatic carbocycles. The van der Waals surface area contributed by atoms with Crippen LogP contribution in [-0.2, 0) is 10.0 Å². The molecule has 1 fully saturated rings. The number of nitrogen functional groups attached to an aromatic ring is 1. The van der Waals surface area contributed by atoms with Gasteiger partial charge in [-0.25, -0.2) is 8.42 Å². The summed E-state index contributed by atoms with van der Waals surface area (Å²) in [5.74, 6) is 1.24. The van der Waals surface area contributed by atoms with Gasteiger partial charge in [0.15, 0.2) is 0 Å². The number of aryl methyl sites for hydroxylation is 1. The molecular formula is C16H26N2O2S. The normalized spacial score (nSPS) is 18.3. The van der Waals surface area contributed by atoms with Crippen LogP contribution in [0.5, 0.6) is 0 Å². The first-order valence-corrected chi connectivity index (χ1v) is 9.04. The molecule has 118 valence electrons. The number of hydrogen-bond donors (Lipinski definition) is 1. The monoisotopic (exact) mass is 310 g/mol. The van der Waals surface area contributed by atoms with Gasteiger partial charge in [-0.15, -0.1) is 0 Å². The first-order valence-electron chi connectivity index (χ1n) is 7.60. The number of nitrogens with two attached hydrogens (primary N) is 1. The van der Waals surface area contributed by atoms with E-state index in [1.54, 1.807) is 17.3 Å². The fraction of sp³-hybridized carbons (Fsp3) is 0.625. The molecule has 1 aromatic rings. The minimum atomic E-state index is -3.43. The van der Waals surface area contributed by atoms with E-state index in [0.717, 1.165) is 18.4 Å². The van der Waals surface area contributed by atoms with Crippen LogP contribution in [-0.4, -0.2) is 25.8 Å². The van der Waals surface area contributed by atoms with Crippen LogP contribution in [0.25, 0.3) is 0 Å². The third-order valence-corrected chi connectivity index (χ3v) is 6.63. The maximum Gasteiger partial charge on any atom is 0.243 e. The Kier molecular flexibility index (Phi) is 4.63. The SMILES string of the molecule is Cc1cc(N)c(C)c(S(=O)(=O)N2CCC(C(C)C)CC2)c1. The maximum atomic E-state index is 12.9. The lowest BCUT2D eigenvalue weighted by Crippen LogP contribution is -2.39. The van der Waals surface area contributed by atoms with E-state index < -0.39 is 10.0 Å². The third-order valence-electron chi connectivity index (χ3n) is 4.60. The van der Waals surface area contributed by atoms with Crippen LogP contribution in [0.2, 0.25) is 0 Å². The molecule has 0 atom stereocenters. The van der Waals surface area contributed by atoms with Crippen molar-refractivity contribution in [3.63, 3.8) is 0 Å². The van der Waals surface area contributed by atoms with Gasteiger partial charge in [-0.1, -0.05) is 13.8 Å². The minimum Gasteiger partial charge on any atom is -0.398 e. The Morgan fingerprint density at radius 2 is 1.76 bits per heavy atom. The number of anilines is 1. The summed E-state index contributed by atoms with van der Waals surface area (Å²) in [5.41, 5.74) is 8.02. The molecule has 0 spiro atoms. The van der Waals surface area contributed by atoms with E-state index in [0.29, 0.717) is 41.1 Å². The summed E-state index contributed by atoms with van der Waals surface area (Å²) in [6.45, 7) is 9.29. The summed E-state index contributed by atoms with van der Waals surface area (Å²) in [7, 11) is -3.43. The van der Waals surface area contributed by atoms with Gasteiger partial charge in [0.25, 0.3) is 0 Å². The lowest BCUT2D eigenvalue weighted by atomic mass is 9.87. The van der Waals surface area contributed by atoms with Crippen molar-refractivity contribution in [1.82, 2.24) is 4.31 Å². The zero-order chi connectivity index (χ0) is 15.8. The third kappa shape index (κ3) is 3.24. The molecule has 21 heavy (non-hydrogen) atoms. The molecular weight excluding hydrogens is 284 g/mol. The van der Waals surface area contributed by atoms with Crippen molar-refractivity contribution in [3.8, 4) is 0 Å². The zero-order valence-corrected chi connectivity index (χ0v) is 14.2. The number of nitrogens with zero attached hydrogens (tertiary/aromatic N) is 1. The van der Waals surface area contributed by atoms with Crippen LogP contribution in [0.15, 0.2) is 17.0 Å². The van der Waals surface area contributed by atoms with E-state index in [-0.39, 0.29) is 0 Å². The summed E-state index contributed by atoms with van der Waals surface area (Å²) in [4.78, 5) is 0.364. The highest BCUT2D eigenvalue weighted by Gasteiger charge is 2.31. The van der Waals surface area contributed by atoms with E-state index in [2.05, 4.69) is 13.8 Å². The fourth-order valence-corrected chi connectivity index (χ4v) is 4.85. The molecule has 0 amide bonds.